The number of methoxy groups -OCH3 is 1. The van der Waals surface area contributed by atoms with E-state index in [-0.39, 0.29) is 130 Å². The van der Waals surface area contributed by atoms with E-state index in [4.69, 9.17) is 38.8 Å². The monoisotopic (exact) mass is 1440 g/mol. The molecule has 4 aliphatic heterocycles. The number of aromatic nitrogens is 1. The number of rotatable bonds is 23. The number of anilines is 3. The molecule has 0 unspecified atom stereocenters. The molecule has 0 spiro atoms. The van der Waals surface area contributed by atoms with Gasteiger partial charge in [0.25, 0.3) is 23.5 Å². The molecule has 0 saturated carbocycles. The van der Waals surface area contributed by atoms with Crippen LogP contribution in [0.2, 0.25) is 0 Å². The van der Waals surface area contributed by atoms with Gasteiger partial charge in [-0.25, -0.2) is 9.78 Å². The van der Waals surface area contributed by atoms with E-state index >= 15 is 4.79 Å². The second kappa shape index (κ2) is 34.1. The first-order valence-corrected chi connectivity index (χ1v) is 35.2. The number of aromatic hydroxyl groups is 1. The standard InChI is InChI=1S/C76H95N9O19/c1-39(2)61(81-55(88)20-13-12-14-31-85-56(89)25-26-57(85)90)51(87)35-48(19-16-28-79-75(77)98)74(97)80-49-23-21-47(22-24-49)38-100-53-36-50(84-32-29-78-30-33-84)37-54-62(53)82-63-58-59-67(93)45(8)70-60(58)72(95)76(10,104-70)101-34-27-52(99-11)42(5)69(102-46(9)86)44(7)66(92)43(6)65(91)40(3)17-15-18-41(4)73(96)83-64(68(59)94)71(63)103-54/h15,17-18,21-27,34,36-37,39-40,42-44,48,52,61,65-66,69,78,91-92,94H,12-14,16,19-20,28-33,35,38H2,1-11H3,(H,80,97)(H,81,88)(H,83,96)(H3,77,79,98)/b17-15+,34-27+,41-18-/t40-,42+,43+,44+,48+,52-,61-,65-,66+,69+,76-/m0/s1. The van der Waals surface area contributed by atoms with Crippen LogP contribution in [0.4, 0.5) is 21.9 Å². The minimum Gasteiger partial charge on any atom is -0.505 e. The summed E-state index contributed by atoms with van der Waals surface area (Å²) in [4.78, 5) is 143. The lowest BCUT2D eigenvalue weighted by molar-refractivity contribution is -0.160. The van der Waals surface area contributed by atoms with Crippen molar-refractivity contribution in [3.63, 3.8) is 0 Å². The number of imide groups is 1. The van der Waals surface area contributed by atoms with Gasteiger partial charge in [-0.3, -0.25) is 48.1 Å². The topological polar surface area (TPSA) is 396 Å². The third-order valence-electron chi connectivity index (χ3n) is 19.8. The van der Waals surface area contributed by atoms with Crippen LogP contribution in [-0.2, 0) is 54.4 Å². The summed E-state index contributed by atoms with van der Waals surface area (Å²) in [5, 5.41) is 49.8. The van der Waals surface area contributed by atoms with Gasteiger partial charge in [0.05, 0.1) is 41.6 Å². The Morgan fingerprint density at radius 2 is 1.58 bits per heavy atom. The van der Waals surface area contributed by atoms with Crippen molar-refractivity contribution < 1.29 is 86.6 Å². The number of carbonyl (C=O) groups excluding carboxylic acids is 9. The number of fused-ring (bicyclic) bond motifs is 2. The maximum atomic E-state index is 15.3. The first-order chi connectivity index (χ1) is 49.4. The zero-order valence-corrected chi connectivity index (χ0v) is 60.5. The number of phenols is 1. The number of aliphatic hydroxyl groups excluding tert-OH is 2. The molecule has 1 fully saturated rings. The van der Waals surface area contributed by atoms with E-state index in [0.717, 1.165) is 4.90 Å². The average molecular weight is 1440 g/mol. The molecule has 10 N–H and O–H groups in total. The van der Waals surface area contributed by atoms with E-state index in [0.29, 0.717) is 68.8 Å². The number of nitrogens with one attached hydrogen (secondary N) is 5. The summed E-state index contributed by atoms with van der Waals surface area (Å²) in [5.41, 5.74) is 5.41. The number of nitrogens with zero attached hydrogens (tertiary/aromatic N) is 3. The Balaban J connectivity index is 1.05. The van der Waals surface area contributed by atoms with Gasteiger partial charge >= 0.3 is 17.8 Å². The SMILES string of the molecule is CO[C@H]1/C=C/O[C@@]2(C)Oc3c(C)c(=O)c4c(O)c(c5oc6cc(N7CCNCC7)cc(OCc7ccc(NC(=O)[C@H](CCCNC(N)=O)CC(=O)[C@@H](NC(=O)CCCCCN8C(=O)C=CC8=O)C(C)C)cc7)c6nc5c4c3C2=O)NC(=O)/C(C)=C\C=C\[C@H](C)[C@H](O)[C@@H](C)[C@@H](O)[C@@H](C)[C@H](OC(C)=O)[C@@H]1C. The fourth-order valence-electron chi connectivity index (χ4n) is 13.7. The second-order valence-corrected chi connectivity index (χ2v) is 27.8. The van der Waals surface area contributed by atoms with Crippen LogP contribution in [0.25, 0.3) is 33.0 Å². The summed E-state index contributed by atoms with van der Waals surface area (Å²) < 4.78 is 37.8. The van der Waals surface area contributed by atoms with Gasteiger partial charge in [-0.1, -0.05) is 78.3 Å². The fourth-order valence-corrected chi connectivity index (χ4v) is 13.7. The van der Waals surface area contributed by atoms with Gasteiger partial charge in [0.15, 0.2) is 33.9 Å². The van der Waals surface area contributed by atoms with E-state index in [2.05, 4.69) is 31.5 Å². The molecule has 7 amide bonds. The average Bonchev–Trinajstić information content (AvgIpc) is 1.43. The molecule has 9 rings (SSSR count). The number of ether oxygens (including phenoxy) is 5. The molecule has 28 nitrogen and oxygen atoms in total. The number of Topliss-reactive ketones (excluding diaryl/α,β-unsaturated/α-hetero) is 2. The summed E-state index contributed by atoms with van der Waals surface area (Å²) in [7, 11) is 1.42. The summed E-state index contributed by atoms with van der Waals surface area (Å²) in [6, 6.07) is 8.58. The van der Waals surface area contributed by atoms with Crippen molar-refractivity contribution >= 4 is 103 Å². The van der Waals surface area contributed by atoms with Gasteiger partial charge in [0.1, 0.15) is 35.2 Å². The van der Waals surface area contributed by atoms with E-state index in [9.17, 15) is 58.5 Å². The third kappa shape index (κ3) is 17.8. The molecule has 5 heterocycles. The highest BCUT2D eigenvalue weighted by Crippen LogP contribution is 2.49. The molecule has 0 radical (unpaired) electrons. The summed E-state index contributed by atoms with van der Waals surface area (Å²) in [6.07, 6.45) is 7.44. The van der Waals surface area contributed by atoms with Gasteiger partial charge in [-0.05, 0) is 69.2 Å². The number of aliphatic hydroxyl groups is 2. The number of allylic oxidation sites excluding steroid dienone is 2. The lowest BCUT2D eigenvalue weighted by Crippen LogP contribution is -2.46. The molecular weight excluding hydrogens is 1340 g/mol. The molecule has 1 aromatic heterocycles. The zero-order valence-electron chi connectivity index (χ0n) is 60.5. The van der Waals surface area contributed by atoms with Gasteiger partial charge in [-0.2, -0.15) is 0 Å². The predicted octanol–water partition coefficient (Wildman–Crippen LogP) is 7.57. The van der Waals surface area contributed by atoms with Gasteiger partial charge in [0.2, 0.25) is 11.8 Å². The van der Waals surface area contributed by atoms with Crippen LogP contribution in [0.1, 0.15) is 129 Å². The zero-order chi connectivity index (χ0) is 75.6. The number of benzene rings is 4. The molecule has 4 aliphatic rings. The molecule has 558 valence electrons. The number of phenolic OH excluding ortho intramolecular Hbond substituents is 1. The number of primary amides is 1. The molecular formula is C76H95N9O19. The molecule has 0 aliphatic carbocycles. The van der Waals surface area contributed by atoms with Crippen molar-refractivity contribution in [3.05, 3.63) is 112 Å². The van der Waals surface area contributed by atoms with Crippen molar-refractivity contribution in [1.82, 2.24) is 25.8 Å². The van der Waals surface area contributed by atoms with Crippen LogP contribution < -0.4 is 52.1 Å². The number of hydrogen-bond donors (Lipinski definition) is 9. The largest absolute Gasteiger partial charge is 0.505 e. The molecule has 5 aromatic rings. The van der Waals surface area contributed by atoms with Crippen LogP contribution in [0, 0.1) is 42.4 Å². The van der Waals surface area contributed by atoms with E-state index < -0.39 is 112 Å². The van der Waals surface area contributed by atoms with Crippen molar-refractivity contribution in [2.45, 2.75) is 157 Å². The van der Waals surface area contributed by atoms with Crippen molar-refractivity contribution in [2.75, 3.05) is 61.9 Å². The van der Waals surface area contributed by atoms with E-state index in [1.807, 2.05) is 0 Å². The van der Waals surface area contributed by atoms with Crippen molar-refractivity contribution in [2.24, 2.45) is 41.2 Å². The first-order valence-electron chi connectivity index (χ1n) is 35.2. The number of amides is 7. The first kappa shape index (κ1) is 78.1. The van der Waals surface area contributed by atoms with Crippen LogP contribution >= 0.6 is 0 Å². The lowest BCUT2D eigenvalue weighted by Gasteiger charge is -2.38. The fraction of sp³-hybridized carbons (Fsp3) is 0.487. The molecule has 11 atom stereocenters. The molecule has 104 heavy (non-hydrogen) atoms. The van der Waals surface area contributed by atoms with E-state index in [1.54, 1.807) is 90.1 Å². The Bertz CT molecular complexity index is 4290. The number of hydrogen-bond acceptors (Lipinski definition) is 22. The normalized spacial score (nSPS) is 24.2. The van der Waals surface area contributed by atoms with Crippen molar-refractivity contribution in [3.8, 4) is 17.2 Å². The smallest absolute Gasteiger partial charge is 0.312 e. The Labute approximate surface area is 602 Å². The Kier molecular flexibility index (Phi) is 25.6. The lowest BCUT2D eigenvalue weighted by atomic mass is 9.78. The van der Waals surface area contributed by atoms with Gasteiger partial charge in [-0.15, -0.1) is 0 Å². The number of carbonyl (C=O) groups is 9. The Morgan fingerprint density at radius 3 is 2.24 bits per heavy atom. The van der Waals surface area contributed by atoms with Crippen molar-refractivity contribution in [1.29, 1.82) is 0 Å². The highest BCUT2D eigenvalue weighted by molar-refractivity contribution is 6.26. The molecule has 4 bridgehead atoms. The predicted molar refractivity (Wildman–Crippen MR) is 387 cm³/mol. The number of unbranched alkanes of at least 4 members (excludes halogenated alkanes) is 2. The number of nitrogens with two attached hydrogens (primary N) is 1. The molecule has 28 heteroatoms. The number of piperazine rings is 1. The second-order valence-electron chi connectivity index (χ2n) is 27.8. The molecule has 1 saturated heterocycles. The maximum absolute atomic E-state index is 15.3. The Hall–Kier alpha value is -10.0. The van der Waals surface area contributed by atoms with Crippen LogP contribution in [0.15, 0.2) is 93.9 Å². The highest BCUT2D eigenvalue weighted by Gasteiger charge is 2.50. The highest BCUT2D eigenvalue weighted by atomic mass is 16.7. The van der Waals surface area contributed by atoms with Gasteiger partial charge in [0, 0.05) is 155 Å². The van der Waals surface area contributed by atoms with E-state index in [1.165, 1.54) is 65.4 Å². The minimum absolute atomic E-state index is 0.0920. The van der Waals surface area contributed by atoms with Crippen LogP contribution in [0.5, 0.6) is 17.2 Å². The number of esters is 1. The summed E-state index contributed by atoms with van der Waals surface area (Å²) in [5.74, 6) is -11.1. The maximum Gasteiger partial charge on any atom is 0.312 e. The van der Waals surface area contributed by atoms with Crippen LogP contribution in [0.3, 0.4) is 0 Å². The quantitative estimate of drug-likeness (QED) is 0.00759. The molecule has 4 aromatic carbocycles. The van der Waals surface area contributed by atoms with Gasteiger partial charge < -0.3 is 80.6 Å². The Morgan fingerprint density at radius 1 is 0.875 bits per heavy atom. The summed E-state index contributed by atoms with van der Waals surface area (Å²) in [6.45, 7) is 18.6. The van der Waals surface area contributed by atoms with Crippen LogP contribution in [-0.4, -0.2) is 161 Å². The third-order valence-corrected chi connectivity index (χ3v) is 19.8. The minimum atomic E-state index is -2.18. The summed E-state index contributed by atoms with van der Waals surface area (Å²) >= 11 is 0. The number of urea groups is 1. The number of ketones is 2.